The lowest BCUT2D eigenvalue weighted by molar-refractivity contribution is -0.149. The molecule has 6 saturated heterocycles. The zero-order chi connectivity index (χ0) is 105. The van der Waals surface area contributed by atoms with Gasteiger partial charge in [-0.1, -0.05) is 34.1 Å². The summed E-state index contributed by atoms with van der Waals surface area (Å²) in [6.07, 6.45) is 3.82. The number of aliphatic carboxylic acids is 1. The lowest BCUT2D eigenvalue weighted by Crippen LogP contribution is -2.61. The molecule has 0 saturated carbocycles. The molecule has 55 nitrogen and oxygen atoms in total. The van der Waals surface area contributed by atoms with Crippen molar-refractivity contribution in [2.75, 3.05) is 91.7 Å². The van der Waals surface area contributed by atoms with Gasteiger partial charge in [-0.25, -0.2) is 4.79 Å². The molecule has 0 aromatic rings. The Morgan fingerprint density at radius 2 is 0.556 bits per heavy atom. The summed E-state index contributed by atoms with van der Waals surface area (Å²) in [5.74, 6) is -16.0. The third-order valence-electron chi connectivity index (χ3n) is 25.9. The number of likely N-dealkylation sites (tertiary alicyclic amines) is 6. The first-order valence-corrected chi connectivity index (χ1v) is 49.1. The number of amides is 15. The third kappa shape index (κ3) is 37.1. The quantitative estimate of drug-likeness (QED) is 0.0153. The second-order valence-corrected chi connectivity index (χ2v) is 37.1. The second-order valence-electron chi connectivity index (χ2n) is 37.1. The van der Waals surface area contributed by atoms with E-state index in [-0.39, 0.29) is 268 Å². The van der Waals surface area contributed by atoms with Crippen LogP contribution in [0.2, 0.25) is 0 Å². The number of guanidine groups is 7. The normalized spacial score (nSPS) is 19.9. The van der Waals surface area contributed by atoms with E-state index in [4.69, 9.17) is 83.7 Å². The molecule has 0 radical (unpaired) electrons. The van der Waals surface area contributed by atoms with Gasteiger partial charge < -0.3 is 171 Å². The summed E-state index contributed by atoms with van der Waals surface area (Å²) in [5.41, 5.74) is 44.8. The highest BCUT2D eigenvalue weighted by atomic mass is 16.4. The maximum absolute atomic E-state index is 15.3. The maximum Gasteiger partial charge on any atom is 0.326 e. The van der Waals surface area contributed by atoms with E-state index < -0.39 is 204 Å². The number of rotatable bonds is 58. The first-order valence-electron chi connectivity index (χ1n) is 49.1. The number of carboxylic acid groups (broad SMARTS) is 1. The van der Waals surface area contributed by atoms with Gasteiger partial charge in [-0.2, -0.15) is 0 Å². The van der Waals surface area contributed by atoms with Crippen LogP contribution in [0.25, 0.3) is 0 Å². The van der Waals surface area contributed by atoms with Gasteiger partial charge in [-0.15, -0.1) is 0 Å². The highest BCUT2D eigenvalue weighted by Crippen LogP contribution is 2.30. The van der Waals surface area contributed by atoms with Crippen molar-refractivity contribution in [1.82, 2.24) is 114 Å². The fraction of sp³-hybridized carbons (Fsp3) is 0.736. The minimum Gasteiger partial charge on any atom is -0.480 e. The Morgan fingerprint density at radius 3 is 0.873 bits per heavy atom. The van der Waals surface area contributed by atoms with E-state index in [1.807, 2.05) is 0 Å². The van der Waals surface area contributed by atoms with Crippen molar-refractivity contribution in [1.29, 1.82) is 37.9 Å². The van der Waals surface area contributed by atoms with E-state index in [0.29, 0.717) is 44.9 Å². The number of aliphatic hydroxyl groups is 1. The number of carboxylic acids is 1. The van der Waals surface area contributed by atoms with Crippen LogP contribution in [0.4, 0.5) is 0 Å². The molecule has 6 aliphatic rings. The molecule has 6 rings (SSSR count). The standard InChI is InChI=1S/C87H155N37O18/c1-5-48(4)64(118-67(128)51(21-8-34-105-83(93)94)110-65(126)49(88)19-6-32-103-81(89)90)73(134)117-57(46-125)78(139)122-42-16-28-60(122)71(132)114-54(24-11-37-108-86(99)100)76(137)124-44-18-31-63(124)79(140)123-43-17-30-62(123)68(129)111-50(20-7-33-104-82(91)92)66(127)116-56(45-47(2)3)77(138)121-41-15-27-59(121)70(131)113-52(22-9-35-106-84(95)96)74(135)119-39-13-26-58(119)69(130)112-53(23-10-36-107-85(97)98)75(136)120-40-14-29-61(120)72(133)115-55(80(141)142)25-12-38-109-87(101)102/h47-64,125H,5-46,88H2,1-4H3,(H,110,126)(H,111,129)(H,112,130)(H,113,131)(H,114,132)(H,115,133)(H,116,127)(H,117,134)(H,118,128)(H,141,142)(H4,89,90,103)(H4,91,92,104)(H4,93,94,105)(H4,95,96,106)(H4,97,98,107)(H4,99,100,108)(H4,101,102,109)/t48-,49-,50-,51-,52-,53-,54-,55-,56-,57-,58-,59-,60-,61-,62-,63-,64-/m0/s1. The van der Waals surface area contributed by atoms with Crippen LogP contribution in [0, 0.1) is 49.7 Å². The highest BCUT2D eigenvalue weighted by molar-refractivity contribution is 6.02. The van der Waals surface area contributed by atoms with Crippen LogP contribution in [0.15, 0.2) is 0 Å². The van der Waals surface area contributed by atoms with E-state index in [1.54, 1.807) is 27.7 Å². The van der Waals surface area contributed by atoms with Gasteiger partial charge in [-0.05, 0) is 185 Å². The predicted molar refractivity (Wildman–Crippen MR) is 521 cm³/mol. The zero-order valence-corrected chi connectivity index (χ0v) is 81.8. The molecule has 55 heteroatoms. The van der Waals surface area contributed by atoms with E-state index in [0.717, 1.165) is 4.90 Å². The maximum atomic E-state index is 15.3. The molecular formula is C87H155N37O18. The lowest BCUT2D eigenvalue weighted by Gasteiger charge is -2.34. The van der Waals surface area contributed by atoms with Crippen LogP contribution < -0.4 is 131 Å². The fourth-order valence-electron chi connectivity index (χ4n) is 18.4. The van der Waals surface area contributed by atoms with Crippen LogP contribution in [0.3, 0.4) is 0 Å². The van der Waals surface area contributed by atoms with Crippen molar-refractivity contribution in [2.45, 2.75) is 304 Å². The van der Waals surface area contributed by atoms with Gasteiger partial charge in [0.15, 0.2) is 41.7 Å². The topological polar surface area (TPSA) is 901 Å². The first kappa shape index (κ1) is 117. The second kappa shape index (κ2) is 59.2. The van der Waals surface area contributed by atoms with Gasteiger partial charge >= 0.3 is 5.97 Å². The zero-order valence-electron chi connectivity index (χ0n) is 81.8. The van der Waals surface area contributed by atoms with Crippen molar-refractivity contribution >= 4 is 136 Å². The summed E-state index contributed by atoms with van der Waals surface area (Å²) in [4.78, 5) is 240. The number of nitrogens with two attached hydrogens (primary N) is 8. The Hall–Kier alpha value is -13.7. The number of hydrogen-bond donors (Lipinski definition) is 33. The molecule has 0 aliphatic carbocycles. The lowest BCUT2D eigenvalue weighted by atomic mass is 9.97. The molecule has 15 amide bonds. The molecule has 6 heterocycles. The van der Waals surface area contributed by atoms with Crippen molar-refractivity contribution in [3.63, 3.8) is 0 Å². The molecule has 142 heavy (non-hydrogen) atoms. The molecule has 0 unspecified atom stereocenters. The molecule has 0 spiro atoms. The minimum atomic E-state index is -1.68. The molecule has 796 valence electrons. The summed E-state index contributed by atoms with van der Waals surface area (Å²) in [5, 5.41) is 117. The molecule has 17 atom stereocenters. The molecular weight excluding hydrogens is 1850 g/mol. The molecule has 0 aromatic heterocycles. The monoisotopic (exact) mass is 2010 g/mol. The van der Waals surface area contributed by atoms with Crippen molar-refractivity contribution < 1.29 is 86.9 Å². The summed E-state index contributed by atoms with van der Waals surface area (Å²) in [7, 11) is 0. The SMILES string of the molecule is CC[C@H](C)[C@H](NC(=O)[C@H](CCCNC(=N)N)NC(=O)[C@@H](N)CCCNC(=N)N)C(=O)N[C@@H](CO)C(=O)N1CCC[C@H]1C(=O)N[C@@H](CCCNC(=N)N)C(=O)N1CCC[C@H]1C(=O)N1CCC[C@H]1C(=O)N[C@@H](CCCNC(=N)N)C(=O)N[C@@H](CC(C)C)C(=O)N1CCC[C@H]1C(=O)N[C@@H](CCCNC(=N)N)C(=O)N1CCC[C@H]1C(=O)N[C@@H](CCCNC(=N)N)C(=O)N1CCC[C@H]1C(=O)N[C@@H](CCCNC(=N)N)C(=O)O. The van der Waals surface area contributed by atoms with E-state index >= 15 is 24.0 Å². The number of carbonyl (C=O) groups excluding carboxylic acids is 15. The minimum absolute atomic E-state index is 0.00959. The average Bonchev–Trinajstić information content (AvgIpc) is 1.63. The summed E-state index contributed by atoms with van der Waals surface area (Å²) in [6.45, 7) is 6.94. The number of nitrogens with one attached hydrogen (secondary N) is 23. The van der Waals surface area contributed by atoms with Crippen LogP contribution in [0.1, 0.15) is 207 Å². The van der Waals surface area contributed by atoms with Gasteiger partial charge in [0.2, 0.25) is 88.6 Å². The van der Waals surface area contributed by atoms with Crippen LogP contribution in [-0.2, 0) is 76.7 Å². The van der Waals surface area contributed by atoms with E-state index in [9.17, 15) is 63.0 Å². The Kier molecular flexibility index (Phi) is 48.8. The molecule has 6 fully saturated rings. The predicted octanol–water partition coefficient (Wildman–Crippen LogP) is -9.37. The number of hydrogen-bond acceptors (Lipinski definition) is 25. The average molecular weight is 2010 g/mol. The first-order chi connectivity index (χ1) is 67.4. The van der Waals surface area contributed by atoms with Crippen molar-refractivity contribution in [3.8, 4) is 0 Å². The Morgan fingerprint density at radius 1 is 0.310 bits per heavy atom. The van der Waals surface area contributed by atoms with Gasteiger partial charge in [-0.3, -0.25) is 110 Å². The van der Waals surface area contributed by atoms with E-state index in [2.05, 4.69) is 85.1 Å². The Bertz CT molecular complexity index is 4420. The Labute approximate surface area is 825 Å². The molecule has 0 aromatic carbocycles. The number of carbonyl (C=O) groups is 16. The highest BCUT2D eigenvalue weighted by Gasteiger charge is 2.49. The van der Waals surface area contributed by atoms with Crippen molar-refractivity contribution in [2.24, 2.45) is 57.7 Å². The third-order valence-corrected chi connectivity index (χ3v) is 25.9. The van der Waals surface area contributed by atoms with Gasteiger partial charge in [0.05, 0.1) is 12.6 Å². The van der Waals surface area contributed by atoms with Crippen LogP contribution >= 0.6 is 0 Å². The molecule has 41 N–H and O–H groups in total. The van der Waals surface area contributed by atoms with Crippen LogP contribution in [-0.4, -0.2) is 364 Å². The van der Waals surface area contributed by atoms with Gasteiger partial charge in [0.1, 0.15) is 90.6 Å². The molecule has 0 bridgehead atoms. The summed E-state index contributed by atoms with van der Waals surface area (Å²) in [6, 6.07) is -20.8. The summed E-state index contributed by atoms with van der Waals surface area (Å²) < 4.78 is 0. The van der Waals surface area contributed by atoms with E-state index in [1.165, 1.54) is 24.5 Å². The van der Waals surface area contributed by atoms with Gasteiger partial charge in [0.25, 0.3) is 0 Å². The summed E-state index contributed by atoms with van der Waals surface area (Å²) >= 11 is 0. The fourth-order valence-corrected chi connectivity index (χ4v) is 18.4. The number of nitrogens with zero attached hydrogens (tertiary/aromatic N) is 6. The number of aliphatic hydroxyl groups excluding tert-OH is 1. The van der Waals surface area contributed by atoms with Gasteiger partial charge in [0, 0.05) is 85.1 Å². The van der Waals surface area contributed by atoms with Crippen molar-refractivity contribution in [3.05, 3.63) is 0 Å². The van der Waals surface area contributed by atoms with Crippen LogP contribution in [0.5, 0.6) is 0 Å². The largest absolute Gasteiger partial charge is 0.480 e. The Balaban J connectivity index is 1.17. The smallest absolute Gasteiger partial charge is 0.326 e. The molecule has 6 aliphatic heterocycles.